The summed E-state index contributed by atoms with van der Waals surface area (Å²) in [5.41, 5.74) is 0.0695. The number of likely N-dealkylation sites (tertiary alicyclic amines) is 1. The van der Waals surface area contributed by atoms with Crippen molar-refractivity contribution in [2.75, 3.05) is 13.1 Å². The predicted octanol–water partition coefficient (Wildman–Crippen LogP) is 4.39. The highest BCUT2D eigenvalue weighted by molar-refractivity contribution is 5.82. The molecule has 1 aliphatic heterocycles. The maximum absolute atomic E-state index is 12.9. The molecule has 4 aliphatic rings. The Kier molecular flexibility index (Phi) is 4.60. The number of carbonyl (C=O) groups excluding carboxylic acids is 1. The van der Waals surface area contributed by atoms with E-state index in [0.717, 1.165) is 49.8 Å². The van der Waals surface area contributed by atoms with Crippen LogP contribution >= 0.6 is 0 Å². The Hall–Kier alpha value is -0.780. The average Bonchev–Trinajstić information content (AvgIpc) is 2.59. The van der Waals surface area contributed by atoms with Gasteiger partial charge in [0.05, 0.1) is 6.10 Å². The smallest absolute Gasteiger partial charge is 0.393 e. The van der Waals surface area contributed by atoms with Gasteiger partial charge in [-0.25, -0.2) is 0 Å². The molecule has 154 valence electrons. The summed E-state index contributed by atoms with van der Waals surface area (Å²) in [6, 6.07) is 0. The highest BCUT2D eigenvalue weighted by atomic mass is 19.4. The molecule has 3 saturated carbocycles. The van der Waals surface area contributed by atoms with Crippen molar-refractivity contribution in [3.63, 3.8) is 0 Å². The van der Waals surface area contributed by atoms with Crippen LogP contribution in [0.3, 0.4) is 0 Å². The molecule has 0 bridgehead atoms. The fourth-order valence-corrected chi connectivity index (χ4v) is 7.55. The topological polar surface area (TPSA) is 40.5 Å². The van der Waals surface area contributed by atoms with Crippen molar-refractivity contribution in [1.29, 1.82) is 0 Å². The molecular formula is C21H32F3NO2. The van der Waals surface area contributed by atoms with Crippen LogP contribution in [-0.4, -0.2) is 41.3 Å². The van der Waals surface area contributed by atoms with Crippen LogP contribution in [0.5, 0.6) is 0 Å². The van der Waals surface area contributed by atoms with E-state index in [1.165, 1.54) is 0 Å². The van der Waals surface area contributed by atoms with E-state index in [4.69, 9.17) is 0 Å². The summed E-state index contributed by atoms with van der Waals surface area (Å²) in [5, 5.41) is 10.1. The van der Waals surface area contributed by atoms with Crippen molar-refractivity contribution >= 4 is 5.91 Å². The van der Waals surface area contributed by atoms with Crippen molar-refractivity contribution in [3.05, 3.63) is 0 Å². The minimum absolute atomic E-state index is 0.162. The molecule has 1 N–H and O–H groups in total. The number of nitrogens with zero attached hydrogens (tertiary/aromatic N) is 1. The van der Waals surface area contributed by atoms with Crippen LogP contribution in [0.1, 0.15) is 65.2 Å². The molecule has 0 aromatic heterocycles. The van der Waals surface area contributed by atoms with Crippen molar-refractivity contribution in [3.8, 4) is 0 Å². The van der Waals surface area contributed by atoms with Gasteiger partial charge in [0, 0.05) is 13.1 Å². The minimum atomic E-state index is -4.77. The van der Waals surface area contributed by atoms with E-state index >= 15 is 0 Å². The Morgan fingerprint density at radius 1 is 1.04 bits per heavy atom. The number of piperidine rings is 1. The average molecular weight is 387 g/mol. The van der Waals surface area contributed by atoms with Gasteiger partial charge in [-0.2, -0.15) is 13.2 Å². The summed E-state index contributed by atoms with van der Waals surface area (Å²) in [7, 11) is 0. The maximum Gasteiger partial charge on any atom is 0.471 e. The van der Waals surface area contributed by atoms with Gasteiger partial charge in [0.2, 0.25) is 0 Å². The van der Waals surface area contributed by atoms with Crippen molar-refractivity contribution in [2.24, 2.45) is 34.5 Å². The molecule has 0 spiro atoms. The molecule has 6 heteroatoms. The third kappa shape index (κ3) is 3.10. The molecule has 3 aliphatic carbocycles. The van der Waals surface area contributed by atoms with E-state index in [1.807, 2.05) is 0 Å². The zero-order valence-electron chi connectivity index (χ0n) is 16.4. The van der Waals surface area contributed by atoms with Gasteiger partial charge in [-0.05, 0) is 85.9 Å². The second-order valence-electron chi connectivity index (χ2n) is 10.3. The molecule has 7 atom stereocenters. The summed E-state index contributed by atoms with van der Waals surface area (Å²) in [4.78, 5) is 12.8. The summed E-state index contributed by atoms with van der Waals surface area (Å²) in [6.07, 6.45) is 2.85. The van der Waals surface area contributed by atoms with Gasteiger partial charge in [0.25, 0.3) is 0 Å². The van der Waals surface area contributed by atoms with Crippen LogP contribution in [0.15, 0.2) is 0 Å². The number of aliphatic hydroxyl groups is 1. The quantitative estimate of drug-likeness (QED) is 0.670. The fraction of sp³-hybridized carbons (Fsp3) is 0.952. The van der Waals surface area contributed by atoms with E-state index in [2.05, 4.69) is 13.8 Å². The van der Waals surface area contributed by atoms with Crippen molar-refractivity contribution < 1.29 is 23.1 Å². The normalized spacial score (nSPS) is 47.6. The van der Waals surface area contributed by atoms with Gasteiger partial charge in [-0.15, -0.1) is 0 Å². The zero-order valence-corrected chi connectivity index (χ0v) is 16.4. The lowest BCUT2D eigenvalue weighted by molar-refractivity contribution is -0.195. The lowest BCUT2D eigenvalue weighted by atomic mass is 9.44. The lowest BCUT2D eigenvalue weighted by Crippen LogP contribution is -2.60. The number of alkyl halides is 3. The Balaban J connectivity index is 1.53. The number of aliphatic hydroxyl groups excluding tert-OH is 1. The maximum atomic E-state index is 12.9. The second-order valence-corrected chi connectivity index (χ2v) is 10.3. The highest BCUT2D eigenvalue weighted by Gasteiger charge is 2.58. The van der Waals surface area contributed by atoms with Gasteiger partial charge in [-0.3, -0.25) is 4.79 Å². The first-order chi connectivity index (χ1) is 12.5. The summed E-state index contributed by atoms with van der Waals surface area (Å²) in [6.45, 7) is 5.01. The van der Waals surface area contributed by atoms with Crippen molar-refractivity contribution in [2.45, 2.75) is 77.5 Å². The predicted molar refractivity (Wildman–Crippen MR) is 95.8 cm³/mol. The van der Waals surface area contributed by atoms with Gasteiger partial charge < -0.3 is 10.0 Å². The number of carbonyl (C=O) groups is 1. The number of fused-ring (bicyclic) bond motifs is 5. The molecule has 0 aromatic carbocycles. The first-order valence-electron chi connectivity index (χ1n) is 10.6. The van der Waals surface area contributed by atoms with Crippen LogP contribution in [0, 0.1) is 34.5 Å². The SMILES string of the molecule is C[C@]12CC[C@H]3[C@@H](CC[C@H]4C[C@@H](O)CC[C@@]43C)[C@@H]1CCN(C(=O)C(F)(F)F)C2. The molecule has 0 radical (unpaired) electrons. The Bertz CT molecular complexity index is 609. The molecule has 0 unspecified atom stereocenters. The van der Waals surface area contributed by atoms with Crippen LogP contribution < -0.4 is 0 Å². The Morgan fingerprint density at radius 2 is 1.78 bits per heavy atom. The third-order valence-electron chi connectivity index (χ3n) is 8.95. The van der Waals surface area contributed by atoms with Gasteiger partial charge in [0.15, 0.2) is 0 Å². The highest BCUT2D eigenvalue weighted by Crippen LogP contribution is 2.64. The van der Waals surface area contributed by atoms with Crippen molar-refractivity contribution in [1.82, 2.24) is 4.90 Å². The number of hydrogen-bond acceptors (Lipinski definition) is 2. The molecule has 0 aromatic rings. The standard InChI is InChI=1S/C21H32F3NO2/c1-19-8-6-17-15(4-3-13-11-14(26)5-9-20(13,17)2)16(19)7-10-25(12-19)18(27)21(22,23)24/h13-17,26H,3-12H2,1-2H3/t13-,14-,15-,16-,17-,19+,20-/m0/s1. The number of rotatable bonds is 0. The van der Waals surface area contributed by atoms with Crippen LogP contribution in [0.2, 0.25) is 0 Å². The Morgan fingerprint density at radius 3 is 2.48 bits per heavy atom. The lowest BCUT2D eigenvalue weighted by Gasteiger charge is -2.63. The van der Waals surface area contributed by atoms with Crippen LogP contribution in [-0.2, 0) is 4.79 Å². The molecule has 4 fully saturated rings. The largest absolute Gasteiger partial charge is 0.471 e. The fourth-order valence-electron chi connectivity index (χ4n) is 7.55. The Labute approximate surface area is 159 Å². The van der Waals surface area contributed by atoms with Crippen LogP contribution in [0.25, 0.3) is 0 Å². The third-order valence-corrected chi connectivity index (χ3v) is 8.95. The molecule has 27 heavy (non-hydrogen) atoms. The van der Waals surface area contributed by atoms with E-state index in [-0.39, 0.29) is 30.0 Å². The van der Waals surface area contributed by atoms with Gasteiger partial charge >= 0.3 is 12.1 Å². The molecule has 1 heterocycles. The zero-order chi connectivity index (χ0) is 19.6. The number of amides is 1. The van der Waals surface area contributed by atoms with Gasteiger partial charge in [0.1, 0.15) is 0 Å². The van der Waals surface area contributed by atoms with E-state index in [9.17, 15) is 23.1 Å². The summed E-state index contributed by atoms with van der Waals surface area (Å²) >= 11 is 0. The second kappa shape index (κ2) is 6.36. The molecule has 4 rings (SSSR count). The molecule has 1 amide bonds. The minimum Gasteiger partial charge on any atom is -0.393 e. The van der Waals surface area contributed by atoms with Crippen LogP contribution in [0.4, 0.5) is 13.2 Å². The first kappa shape index (κ1) is 19.5. The van der Waals surface area contributed by atoms with Gasteiger partial charge in [-0.1, -0.05) is 13.8 Å². The number of hydrogen-bond donors (Lipinski definition) is 1. The number of halogens is 3. The monoisotopic (exact) mass is 387 g/mol. The molecule has 1 saturated heterocycles. The first-order valence-corrected chi connectivity index (χ1v) is 10.6. The van der Waals surface area contributed by atoms with E-state index < -0.39 is 12.1 Å². The molecule has 3 nitrogen and oxygen atoms in total. The summed E-state index contributed by atoms with van der Waals surface area (Å²) in [5.74, 6) is 0.508. The van der Waals surface area contributed by atoms with E-state index in [0.29, 0.717) is 30.1 Å². The van der Waals surface area contributed by atoms with E-state index in [1.54, 1.807) is 0 Å². The summed E-state index contributed by atoms with van der Waals surface area (Å²) < 4.78 is 38.7. The molecular weight excluding hydrogens is 355 g/mol.